The van der Waals surface area contributed by atoms with Crippen LogP contribution >= 0.6 is 11.8 Å². The fourth-order valence-electron chi connectivity index (χ4n) is 4.07. The van der Waals surface area contributed by atoms with Crippen LogP contribution in [0.1, 0.15) is 71.6 Å². The van der Waals surface area contributed by atoms with Crippen LogP contribution < -0.4 is 5.32 Å². The first-order chi connectivity index (χ1) is 9.67. The first-order valence-electron chi connectivity index (χ1n) is 8.66. The van der Waals surface area contributed by atoms with E-state index in [2.05, 4.69) is 19.2 Å². The van der Waals surface area contributed by atoms with E-state index in [-0.39, 0.29) is 0 Å². The van der Waals surface area contributed by atoms with E-state index in [0.717, 1.165) is 11.8 Å². The zero-order chi connectivity index (χ0) is 14.0. The van der Waals surface area contributed by atoms with E-state index in [1.54, 1.807) is 0 Å². The molecule has 0 aromatic heterocycles. The molecule has 3 fully saturated rings. The Bertz CT molecular complexity index is 352. The molecule has 1 N–H and O–H groups in total. The van der Waals surface area contributed by atoms with E-state index in [9.17, 15) is 0 Å². The second kappa shape index (κ2) is 6.29. The van der Waals surface area contributed by atoms with Crippen molar-refractivity contribution in [1.82, 2.24) is 5.32 Å². The molecule has 1 unspecified atom stereocenters. The predicted octanol–water partition coefficient (Wildman–Crippen LogP) is 4.60. The largest absolute Gasteiger partial charge is 0.359 e. The summed E-state index contributed by atoms with van der Waals surface area (Å²) in [7, 11) is 0. The lowest BCUT2D eigenvalue weighted by molar-refractivity contribution is 0.250. The Balaban J connectivity index is 1.57. The summed E-state index contributed by atoms with van der Waals surface area (Å²) >= 11 is 1.98. The predicted molar refractivity (Wildman–Crippen MR) is 89.4 cm³/mol. The standard InChI is InChI=1S/C17H30N2S/c1-13-8-10-17(11-9-13)12-20-16(19-17)18-14(2)15-6-4-3-5-7-15/h13-15H,3-12H2,1-2H3,(H,18,19). The van der Waals surface area contributed by atoms with E-state index in [0.29, 0.717) is 11.6 Å². The van der Waals surface area contributed by atoms with Gasteiger partial charge in [0.05, 0.1) is 6.04 Å². The van der Waals surface area contributed by atoms with E-state index in [1.807, 2.05) is 11.8 Å². The van der Waals surface area contributed by atoms with Crippen molar-refractivity contribution in [1.29, 1.82) is 0 Å². The van der Waals surface area contributed by atoms with Gasteiger partial charge in [0.15, 0.2) is 5.17 Å². The number of nitrogens with zero attached hydrogens (tertiary/aromatic N) is 1. The van der Waals surface area contributed by atoms with Gasteiger partial charge in [-0.05, 0) is 57.3 Å². The second-order valence-corrected chi connectivity index (χ2v) is 8.41. The first kappa shape index (κ1) is 14.7. The average molecular weight is 295 g/mol. The van der Waals surface area contributed by atoms with Crippen LogP contribution in [0, 0.1) is 11.8 Å². The highest BCUT2D eigenvalue weighted by Gasteiger charge is 2.39. The summed E-state index contributed by atoms with van der Waals surface area (Å²) in [5.74, 6) is 3.01. The Morgan fingerprint density at radius 3 is 2.55 bits per heavy atom. The molecule has 1 saturated heterocycles. The summed E-state index contributed by atoms with van der Waals surface area (Å²) < 4.78 is 0. The number of thioether (sulfide) groups is 1. The SMILES string of the molecule is CC1CCC2(CC1)CSC(=NC(C)C1CCCCC1)N2. The van der Waals surface area contributed by atoms with Gasteiger partial charge in [-0.25, -0.2) is 0 Å². The highest BCUT2D eigenvalue weighted by molar-refractivity contribution is 8.14. The van der Waals surface area contributed by atoms with Gasteiger partial charge < -0.3 is 5.32 Å². The number of amidine groups is 1. The summed E-state index contributed by atoms with van der Waals surface area (Å²) in [4.78, 5) is 5.04. The van der Waals surface area contributed by atoms with E-state index in [1.165, 1.54) is 68.7 Å². The minimum Gasteiger partial charge on any atom is -0.359 e. The Labute approximate surface area is 128 Å². The molecule has 1 aliphatic heterocycles. The summed E-state index contributed by atoms with van der Waals surface area (Å²) in [6, 6.07) is 0.517. The molecule has 0 aromatic carbocycles. The van der Waals surface area contributed by atoms with Crippen molar-refractivity contribution >= 4 is 16.9 Å². The Morgan fingerprint density at radius 1 is 1.15 bits per heavy atom. The second-order valence-electron chi connectivity index (χ2n) is 7.45. The zero-order valence-corrected chi connectivity index (χ0v) is 14.0. The smallest absolute Gasteiger partial charge is 0.157 e. The van der Waals surface area contributed by atoms with Crippen LogP contribution in [-0.2, 0) is 0 Å². The minimum absolute atomic E-state index is 0.391. The zero-order valence-electron chi connectivity index (χ0n) is 13.2. The third-order valence-corrected chi connectivity index (χ3v) is 6.92. The van der Waals surface area contributed by atoms with Crippen molar-refractivity contribution in [2.45, 2.75) is 83.2 Å². The van der Waals surface area contributed by atoms with Crippen LogP contribution in [-0.4, -0.2) is 22.5 Å². The van der Waals surface area contributed by atoms with E-state index >= 15 is 0 Å². The number of aliphatic imine (C=N–C) groups is 1. The molecule has 0 aromatic rings. The minimum atomic E-state index is 0.391. The van der Waals surface area contributed by atoms with Crippen molar-refractivity contribution in [2.75, 3.05) is 5.75 Å². The quantitative estimate of drug-likeness (QED) is 0.805. The molecule has 1 spiro atoms. The Hall–Kier alpha value is -0.180. The normalized spacial score (nSPS) is 39.1. The molecular weight excluding hydrogens is 264 g/mol. The van der Waals surface area contributed by atoms with Gasteiger partial charge in [0, 0.05) is 11.3 Å². The maximum Gasteiger partial charge on any atom is 0.157 e. The molecule has 0 bridgehead atoms. The molecule has 0 radical (unpaired) electrons. The molecule has 2 saturated carbocycles. The molecule has 0 amide bonds. The molecule has 20 heavy (non-hydrogen) atoms. The first-order valence-corrected chi connectivity index (χ1v) is 9.64. The van der Waals surface area contributed by atoms with Crippen molar-refractivity contribution in [3.05, 3.63) is 0 Å². The van der Waals surface area contributed by atoms with Gasteiger partial charge in [-0.2, -0.15) is 0 Å². The monoisotopic (exact) mass is 294 g/mol. The van der Waals surface area contributed by atoms with Crippen LogP contribution in [0.15, 0.2) is 4.99 Å². The summed E-state index contributed by atoms with van der Waals surface area (Å²) in [6.07, 6.45) is 12.5. The van der Waals surface area contributed by atoms with Crippen molar-refractivity contribution in [3.8, 4) is 0 Å². The van der Waals surface area contributed by atoms with E-state index < -0.39 is 0 Å². The fraction of sp³-hybridized carbons (Fsp3) is 0.941. The maximum atomic E-state index is 5.04. The lowest BCUT2D eigenvalue weighted by Crippen LogP contribution is -2.46. The summed E-state index contributed by atoms with van der Waals surface area (Å²) in [5, 5.41) is 5.06. The third-order valence-electron chi connectivity index (χ3n) is 5.74. The van der Waals surface area contributed by atoms with E-state index in [4.69, 9.17) is 4.99 Å². The van der Waals surface area contributed by atoms with Crippen LogP contribution in [0.4, 0.5) is 0 Å². The summed E-state index contributed by atoms with van der Waals surface area (Å²) in [5.41, 5.74) is 0.391. The number of hydrogen-bond donors (Lipinski definition) is 1. The van der Waals surface area contributed by atoms with Gasteiger partial charge in [-0.15, -0.1) is 0 Å². The number of rotatable bonds is 2. The number of nitrogens with one attached hydrogen (secondary N) is 1. The molecule has 114 valence electrons. The Kier molecular flexibility index (Phi) is 4.64. The molecule has 2 aliphatic carbocycles. The molecule has 3 heteroatoms. The van der Waals surface area contributed by atoms with Crippen LogP contribution in [0.3, 0.4) is 0 Å². The van der Waals surface area contributed by atoms with Gasteiger partial charge >= 0.3 is 0 Å². The van der Waals surface area contributed by atoms with Crippen molar-refractivity contribution < 1.29 is 0 Å². The molecule has 1 atom stereocenters. The van der Waals surface area contributed by atoms with Crippen LogP contribution in [0.2, 0.25) is 0 Å². The van der Waals surface area contributed by atoms with Gasteiger partial charge in [0.25, 0.3) is 0 Å². The molecule has 3 aliphatic rings. The fourth-order valence-corrected chi connectivity index (χ4v) is 5.37. The third kappa shape index (κ3) is 3.35. The molecule has 1 heterocycles. The summed E-state index contributed by atoms with van der Waals surface area (Å²) in [6.45, 7) is 4.73. The molecular formula is C17H30N2S. The van der Waals surface area contributed by atoms with Crippen LogP contribution in [0.25, 0.3) is 0 Å². The van der Waals surface area contributed by atoms with Gasteiger partial charge in [-0.3, -0.25) is 4.99 Å². The molecule has 3 rings (SSSR count). The lowest BCUT2D eigenvalue weighted by Gasteiger charge is -2.35. The highest BCUT2D eigenvalue weighted by Crippen LogP contribution is 2.39. The van der Waals surface area contributed by atoms with Crippen molar-refractivity contribution in [3.63, 3.8) is 0 Å². The average Bonchev–Trinajstić information content (AvgIpc) is 2.86. The van der Waals surface area contributed by atoms with Crippen molar-refractivity contribution in [2.24, 2.45) is 16.8 Å². The van der Waals surface area contributed by atoms with Gasteiger partial charge in [-0.1, -0.05) is 37.9 Å². The topological polar surface area (TPSA) is 24.4 Å². The Morgan fingerprint density at radius 2 is 1.85 bits per heavy atom. The lowest BCUT2D eigenvalue weighted by atomic mass is 9.78. The van der Waals surface area contributed by atoms with Crippen LogP contribution in [0.5, 0.6) is 0 Å². The number of hydrogen-bond acceptors (Lipinski definition) is 2. The van der Waals surface area contributed by atoms with Gasteiger partial charge in [0.1, 0.15) is 0 Å². The maximum absolute atomic E-state index is 5.04. The van der Waals surface area contributed by atoms with Gasteiger partial charge in [0.2, 0.25) is 0 Å². The highest BCUT2D eigenvalue weighted by atomic mass is 32.2. The molecule has 2 nitrogen and oxygen atoms in total.